The van der Waals surface area contributed by atoms with E-state index >= 15 is 0 Å². The van der Waals surface area contributed by atoms with Crippen LogP contribution >= 0.6 is 11.8 Å². The molecule has 0 saturated carbocycles. The van der Waals surface area contributed by atoms with Gasteiger partial charge in [0.15, 0.2) is 0 Å². The molecule has 210 valence electrons. The third-order valence-corrected chi connectivity index (χ3v) is 10.5. The summed E-state index contributed by atoms with van der Waals surface area (Å²) in [6.07, 6.45) is 10.8. The van der Waals surface area contributed by atoms with Crippen molar-refractivity contribution in [3.05, 3.63) is 24.3 Å². The molecule has 1 spiro atoms. The second-order valence-electron chi connectivity index (χ2n) is 11.3. The first-order valence-electron chi connectivity index (χ1n) is 14.1. The first-order valence-corrected chi connectivity index (χ1v) is 15.0. The van der Waals surface area contributed by atoms with Crippen LogP contribution in [0.2, 0.25) is 0 Å². The lowest BCUT2D eigenvalue weighted by Gasteiger charge is -2.40. The summed E-state index contributed by atoms with van der Waals surface area (Å²) in [5.41, 5.74) is 0. The number of carbonyl (C=O) groups excluding carboxylic acids is 3. The van der Waals surface area contributed by atoms with Gasteiger partial charge in [-0.25, -0.2) is 0 Å². The number of hydrogen-bond donors (Lipinski definition) is 1. The highest BCUT2D eigenvalue weighted by Crippen LogP contribution is 2.61. The van der Waals surface area contributed by atoms with Gasteiger partial charge >= 0.3 is 5.97 Å². The van der Waals surface area contributed by atoms with Gasteiger partial charge < -0.3 is 24.4 Å². The van der Waals surface area contributed by atoms with Crippen LogP contribution in [-0.4, -0.2) is 119 Å². The van der Waals surface area contributed by atoms with E-state index in [2.05, 4.69) is 17.1 Å². The molecular weight excluding hydrogens is 506 g/mol. The molecule has 38 heavy (non-hydrogen) atoms. The Morgan fingerprint density at radius 2 is 1.87 bits per heavy atom. The Kier molecular flexibility index (Phi) is 8.52. The van der Waals surface area contributed by atoms with E-state index in [1.807, 2.05) is 30.9 Å². The highest BCUT2D eigenvalue weighted by Gasteiger charge is 2.71. The molecular formula is C28H41N3O6S. The molecule has 5 rings (SSSR count). The summed E-state index contributed by atoms with van der Waals surface area (Å²) in [6, 6.07) is -1.30. The number of aliphatic hydroxyl groups is 1. The lowest BCUT2D eigenvalue weighted by Crippen LogP contribution is -2.58. The molecule has 9 nitrogen and oxygen atoms in total. The summed E-state index contributed by atoms with van der Waals surface area (Å²) in [4.78, 5) is 47.9. The van der Waals surface area contributed by atoms with Gasteiger partial charge in [0.05, 0.1) is 49.1 Å². The molecule has 3 saturated heterocycles. The van der Waals surface area contributed by atoms with Crippen LogP contribution in [0.1, 0.15) is 33.1 Å². The van der Waals surface area contributed by atoms with Crippen molar-refractivity contribution < 1.29 is 29.0 Å². The lowest BCUT2D eigenvalue weighted by atomic mass is 9.78. The summed E-state index contributed by atoms with van der Waals surface area (Å²) in [7, 11) is 0. The maximum absolute atomic E-state index is 14.4. The van der Waals surface area contributed by atoms with E-state index in [1.54, 1.807) is 16.7 Å². The normalized spacial score (nSPS) is 35.9. The lowest BCUT2D eigenvalue weighted by molar-refractivity contribution is -0.154. The molecule has 0 bridgehead atoms. The number of nitrogens with zero attached hydrogens (tertiary/aromatic N) is 3. The summed E-state index contributed by atoms with van der Waals surface area (Å²) in [5, 5.41) is 10.1. The number of morpholine rings is 1. The number of likely N-dealkylation sites (tertiary alicyclic amines) is 1. The Hall–Kier alpha value is -1.88. The van der Waals surface area contributed by atoms with Gasteiger partial charge in [-0.05, 0) is 25.2 Å². The standard InChI is InChI=1S/C28H41N3O6S/c1-19(2)20(18-32)31-24-26(34)30(12-11-29-13-16-36-17-14-29)10-7-9-28(24)23(25(31)33)22-21(38-28)8-5-3-4-6-15-37-27(22)35/h5,7-9,19-24,32H,3-4,6,10-18H2,1-2H3/b8-5-/t20-,21+,22-,23-,24?,28-/m0/s1. The summed E-state index contributed by atoms with van der Waals surface area (Å²) in [5.74, 6) is -2.13. The van der Waals surface area contributed by atoms with Gasteiger partial charge in [-0.15, -0.1) is 11.8 Å². The van der Waals surface area contributed by atoms with Crippen LogP contribution in [0, 0.1) is 17.8 Å². The van der Waals surface area contributed by atoms with Crippen LogP contribution < -0.4 is 0 Å². The zero-order valence-corrected chi connectivity index (χ0v) is 23.3. The van der Waals surface area contributed by atoms with Crippen molar-refractivity contribution in [1.82, 2.24) is 14.7 Å². The van der Waals surface area contributed by atoms with Crippen molar-refractivity contribution in [3.8, 4) is 0 Å². The Bertz CT molecular complexity index is 966. The average Bonchev–Trinajstić information content (AvgIpc) is 3.29. The quantitative estimate of drug-likeness (QED) is 0.393. The van der Waals surface area contributed by atoms with Crippen molar-refractivity contribution in [2.45, 2.75) is 55.2 Å². The summed E-state index contributed by atoms with van der Waals surface area (Å²) in [6.45, 7) is 8.83. The molecule has 0 radical (unpaired) electrons. The Balaban J connectivity index is 1.52. The van der Waals surface area contributed by atoms with Crippen molar-refractivity contribution in [1.29, 1.82) is 0 Å². The zero-order valence-electron chi connectivity index (χ0n) is 22.5. The fourth-order valence-electron chi connectivity index (χ4n) is 6.67. The molecule has 3 fully saturated rings. The number of aliphatic hydroxyl groups excluding tert-OH is 1. The van der Waals surface area contributed by atoms with E-state index in [4.69, 9.17) is 9.47 Å². The van der Waals surface area contributed by atoms with Crippen molar-refractivity contribution >= 4 is 29.5 Å². The van der Waals surface area contributed by atoms with Crippen LogP contribution in [0.4, 0.5) is 0 Å². The smallest absolute Gasteiger partial charge is 0.311 e. The van der Waals surface area contributed by atoms with E-state index in [-0.39, 0.29) is 35.6 Å². The van der Waals surface area contributed by atoms with Crippen LogP contribution in [0.5, 0.6) is 0 Å². The molecule has 0 aliphatic carbocycles. The average molecular weight is 548 g/mol. The number of allylic oxidation sites excluding steroid dienone is 1. The fourth-order valence-corrected chi connectivity index (χ4v) is 8.66. The molecule has 5 aliphatic heterocycles. The molecule has 2 amide bonds. The predicted molar refractivity (Wildman–Crippen MR) is 144 cm³/mol. The number of thioether (sulfide) groups is 1. The maximum atomic E-state index is 14.4. The molecule has 1 N–H and O–H groups in total. The molecule has 1 unspecified atom stereocenters. The molecule has 5 aliphatic rings. The van der Waals surface area contributed by atoms with E-state index in [9.17, 15) is 19.5 Å². The van der Waals surface area contributed by atoms with Gasteiger partial charge in [0.25, 0.3) is 0 Å². The van der Waals surface area contributed by atoms with Crippen molar-refractivity contribution in [2.24, 2.45) is 17.8 Å². The van der Waals surface area contributed by atoms with Crippen molar-refractivity contribution in [3.63, 3.8) is 0 Å². The van der Waals surface area contributed by atoms with Crippen LogP contribution in [0.3, 0.4) is 0 Å². The maximum Gasteiger partial charge on any atom is 0.311 e. The number of hydrogen-bond acceptors (Lipinski definition) is 8. The van der Waals surface area contributed by atoms with Gasteiger partial charge in [-0.1, -0.05) is 38.2 Å². The van der Waals surface area contributed by atoms with Gasteiger partial charge in [-0.3, -0.25) is 19.3 Å². The number of cyclic esters (lactones) is 1. The first kappa shape index (κ1) is 27.7. The van der Waals surface area contributed by atoms with E-state index in [1.165, 1.54) is 0 Å². The minimum Gasteiger partial charge on any atom is -0.465 e. The Labute approximate surface area is 229 Å². The topological polar surface area (TPSA) is 99.6 Å². The minimum atomic E-state index is -0.892. The molecule has 5 heterocycles. The van der Waals surface area contributed by atoms with Gasteiger partial charge in [-0.2, -0.15) is 0 Å². The Morgan fingerprint density at radius 1 is 1.08 bits per heavy atom. The molecule has 10 heteroatoms. The molecule has 0 aromatic heterocycles. The zero-order chi connectivity index (χ0) is 26.9. The first-order chi connectivity index (χ1) is 18.4. The highest BCUT2D eigenvalue weighted by molar-refractivity contribution is 8.02. The number of carbonyl (C=O) groups is 3. The number of fused-ring (bicyclic) bond motifs is 2. The van der Waals surface area contributed by atoms with E-state index in [0.29, 0.717) is 32.9 Å². The summed E-state index contributed by atoms with van der Waals surface area (Å²) >= 11 is 1.56. The predicted octanol–water partition coefficient (Wildman–Crippen LogP) is 1.31. The summed E-state index contributed by atoms with van der Waals surface area (Å²) < 4.78 is 10.3. The largest absolute Gasteiger partial charge is 0.465 e. The molecule has 0 aromatic rings. The van der Waals surface area contributed by atoms with Gasteiger partial charge in [0.1, 0.15) is 6.04 Å². The Morgan fingerprint density at radius 3 is 2.61 bits per heavy atom. The van der Waals surface area contributed by atoms with Gasteiger partial charge in [0.2, 0.25) is 11.8 Å². The van der Waals surface area contributed by atoms with Crippen molar-refractivity contribution in [2.75, 3.05) is 59.2 Å². The third-order valence-electron chi connectivity index (χ3n) is 8.73. The number of ether oxygens (including phenoxy) is 2. The second kappa shape index (κ2) is 11.7. The van der Waals surface area contributed by atoms with Crippen LogP contribution in [0.15, 0.2) is 24.3 Å². The number of amides is 2. The monoisotopic (exact) mass is 547 g/mol. The van der Waals surface area contributed by atoms with E-state index in [0.717, 1.165) is 38.9 Å². The molecule has 6 atom stereocenters. The third kappa shape index (κ3) is 4.93. The highest BCUT2D eigenvalue weighted by atomic mass is 32.2. The SMILES string of the molecule is CC(C)[C@H](CO)N1C(=O)[C@@H]2[C@H]3C(=O)OCCCC/C=C\[C@H]3S[C@@]23C=CCN(CCN2CCOCC2)C(=O)C13. The van der Waals surface area contributed by atoms with Gasteiger partial charge in [0, 0.05) is 38.0 Å². The fraction of sp³-hybridized carbons (Fsp3) is 0.750. The second-order valence-corrected chi connectivity index (χ2v) is 12.8. The van der Waals surface area contributed by atoms with Crippen LogP contribution in [0.25, 0.3) is 0 Å². The van der Waals surface area contributed by atoms with Crippen LogP contribution in [-0.2, 0) is 23.9 Å². The van der Waals surface area contributed by atoms with E-state index < -0.39 is 28.7 Å². The molecule has 0 aromatic carbocycles. The number of rotatable bonds is 6. The number of esters is 1. The minimum absolute atomic E-state index is 0.0571.